The van der Waals surface area contributed by atoms with Gasteiger partial charge >= 0.3 is 0 Å². The Morgan fingerprint density at radius 1 is 1.41 bits per heavy atom. The van der Waals surface area contributed by atoms with Crippen molar-refractivity contribution in [1.29, 1.82) is 0 Å². The molecule has 0 spiro atoms. The Labute approximate surface area is 129 Å². The molecule has 0 N–H and O–H groups in total. The highest BCUT2D eigenvalue weighted by Gasteiger charge is 2.20. The summed E-state index contributed by atoms with van der Waals surface area (Å²) in [4.78, 5) is 16.5. The Hall–Kier alpha value is -2.69. The van der Waals surface area contributed by atoms with Gasteiger partial charge in [-0.05, 0) is 50.9 Å². The molecule has 1 aromatic heterocycles. The molecule has 1 heterocycles. The van der Waals surface area contributed by atoms with Crippen molar-refractivity contribution in [3.8, 4) is 5.75 Å². The Bertz CT molecular complexity index is 712. The van der Waals surface area contributed by atoms with Gasteiger partial charge in [-0.25, -0.2) is 0 Å². The quantitative estimate of drug-likeness (QED) is 0.608. The van der Waals surface area contributed by atoms with Crippen LogP contribution in [0.4, 0.5) is 0 Å². The maximum absolute atomic E-state index is 12.8. The van der Waals surface area contributed by atoms with Gasteiger partial charge in [-0.3, -0.25) is 14.5 Å². The number of hydrogen-bond donors (Lipinski definition) is 0. The monoisotopic (exact) mass is 297 g/mol. The van der Waals surface area contributed by atoms with Crippen LogP contribution in [-0.2, 0) is 6.54 Å². The normalized spacial score (nSPS) is 10.9. The molecule has 0 amide bonds. The highest BCUT2D eigenvalue weighted by molar-refractivity contribution is 6.09. The van der Waals surface area contributed by atoms with E-state index in [-0.39, 0.29) is 5.78 Å². The Morgan fingerprint density at radius 2 is 2.09 bits per heavy atom. The molecule has 22 heavy (non-hydrogen) atoms. The van der Waals surface area contributed by atoms with Crippen LogP contribution in [0.15, 0.2) is 35.5 Å². The van der Waals surface area contributed by atoms with Gasteiger partial charge in [-0.15, -0.1) is 0 Å². The lowest BCUT2D eigenvalue weighted by atomic mass is 10.0. The average molecular weight is 297 g/mol. The minimum atomic E-state index is -0.0549. The molecule has 0 unspecified atom stereocenters. The summed E-state index contributed by atoms with van der Waals surface area (Å²) >= 11 is 0. The maximum atomic E-state index is 12.8. The third-order valence-corrected chi connectivity index (χ3v) is 3.43. The fourth-order valence-electron chi connectivity index (χ4n) is 2.25. The molecule has 0 aliphatic heterocycles. The highest BCUT2D eigenvalue weighted by Crippen LogP contribution is 2.20. The van der Waals surface area contributed by atoms with Crippen LogP contribution in [0.2, 0.25) is 0 Å². The second-order valence-corrected chi connectivity index (χ2v) is 4.73. The number of carbonyl (C=O) groups is 1. The lowest BCUT2D eigenvalue weighted by molar-refractivity contribution is 0.102. The number of ketones is 1. The first kappa shape index (κ1) is 15.7. The van der Waals surface area contributed by atoms with E-state index in [1.165, 1.54) is 0 Å². The summed E-state index contributed by atoms with van der Waals surface area (Å²) < 4.78 is 6.83. The lowest BCUT2D eigenvalue weighted by Crippen LogP contribution is -2.11. The molecule has 0 aliphatic carbocycles. The van der Waals surface area contributed by atoms with E-state index in [1.807, 2.05) is 13.8 Å². The predicted octanol–water partition coefficient (Wildman–Crippen LogP) is 3.12. The lowest BCUT2D eigenvalue weighted by Gasteiger charge is -2.06. The van der Waals surface area contributed by atoms with Crippen LogP contribution in [-0.4, -0.2) is 29.4 Å². The van der Waals surface area contributed by atoms with Gasteiger partial charge in [0.05, 0.1) is 12.8 Å². The van der Waals surface area contributed by atoms with Gasteiger partial charge in [0.1, 0.15) is 11.4 Å². The SMILES string of the molecule is C=N/C=C\c1nn(CC)c(C(=O)c2ccc(OC)cc2)c1C. The number of hydrogen-bond acceptors (Lipinski definition) is 4. The van der Waals surface area contributed by atoms with Gasteiger partial charge in [0.25, 0.3) is 0 Å². The van der Waals surface area contributed by atoms with Crippen LogP contribution in [0, 0.1) is 6.92 Å². The van der Waals surface area contributed by atoms with Crippen molar-refractivity contribution in [2.75, 3.05) is 7.11 Å². The zero-order valence-corrected chi connectivity index (χ0v) is 13.0. The number of rotatable bonds is 6. The van der Waals surface area contributed by atoms with Crippen LogP contribution >= 0.6 is 0 Å². The number of aliphatic imine (C=N–C) groups is 1. The summed E-state index contributed by atoms with van der Waals surface area (Å²) in [6.45, 7) is 7.86. The number of aryl methyl sites for hydroxylation is 1. The van der Waals surface area contributed by atoms with Gasteiger partial charge in [0, 0.05) is 23.9 Å². The van der Waals surface area contributed by atoms with Crippen LogP contribution in [0.1, 0.15) is 34.2 Å². The molecule has 2 aromatic rings. The highest BCUT2D eigenvalue weighted by atomic mass is 16.5. The van der Waals surface area contributed by atoms with Crippen molar-refractivity contribution >= 4 is 18.6 Å². The maximum Gasteiger partial charge on any atom is 0.211 e. The van der Waals surface area contributed by atoms with Gasteiger partial charge in [0.15, 0.2) is 0 Å². The van der Waals surface area contributed by atoms with Gasteiger partial charge in [-0.1, -0.05) is 0 Å². The van der Waals surface area contributed by atoms with E-state index < -0.39 is 0 Å². The van der Waals surface area contributed by atoms with E-state index in [2.05, 4.69) is 16.8 Å². The molecule has 1 aromatic carbocycles. The van der Waals surface area contributed by atoms with Crippen molar-refractivity contribution in [3.63, 3.8) is 0 Å². The number of methoxy groups -OCH3 is 1. The van der Waals surface area contributed by atoms with Gasteiger partial charge in [0.2, 0.25) is 5.78 Å². The number of nitrogens with zero attached hydrogens (tertiary/aromatic N) is 3. The topological polar surface area (TPSA) is 56.5 Å². The largest absolute Gasteiger partial charge is 0.497 e. The number of aromatic nitrogens is 2. The molecule has 0 radical (unpaired) electrons. The molecule has 114 valence electrons. The van der Waals surface area contributed by atoms with Crippen molar-refractivity contribution in [3.05, 3.63) is 53.0 Å². The zero-order chi connectivity index (χ0) is 16.1. The van der Waals surface area contributed by atoms with E-state index in [0.717, 1.165) is 17.0 Å². The first-order valence-corrected chi connectivity index (χ1v) is 7.00. The molecule has 0 saturated heterocycles. The summed E-state index contributed by atoms with van der Waals surface area (Å²) in [5.41, 5.74) is 2.76. The molecular weight excluding hydrogens is 278 g/mol. The third kappa shape index (κ3) is 2.98. The second-order valence-electron chi connectivity index (χ2n) is 4.73. The van der Waals surface area contributed by atoms with Crippen molar-refractivity contribution in [2.45, 2.75) is 20.4 Å². The van der Waals surface area contributed by atoms with Crippen LogP contribution in [0.3, 0.4) is 0 Å². The van der Waals surface area contributed by atoms with E-state index in [1.54, 1.807) is 48.3 Å². The Balaban J connectivity index is 2.45. The standard InChI is InChI=1S/C17H19N3O2/c1-5-20-16(12(2)15(19-20)10-11-18-3)17(21)13-6-8-14(22-4)9-7-13/h6-11H,3,5H2,1-2,4H3/b11-10-. The summed E-state index contributed by atoms with van der Waals surface area (Å²) in [5.74, 6) is 0.665. The van der Waals surface area contributed by atoms with E-state index in [0.29, 0.717) is 17.8 Å². The van der Waals surface area contributed by atoms with E-state index >= 15 is 0 Å². The van der Waals surface area contributed by atoms with Crippen molar-refractivity contribution < 1.29 is 9.53 Å². The van der Waals surface area contributed by atoms with Gasteiger partial charge in [-0.2, -0.15) is 5.10 Å². The Kier molecular flexibility index (Phi) is 4.88. The molecule has 0 aliphatic rings. The Morgan fingerprint density at radius 3 is 2.64 bits per heavy atom. The molecule has 0 atom stereocenters. The van der Waals surface area contributed by atoms with E-state index in [4.69, 9.17) is 4.74 Å². The molecule has 0 bridgehead atoms. The van der Waals surface area contributed by atoms with Crippen molar-refractivity contribution in [1.82, 2.24) is 9.78 Å². The summed E-state index contributed by atoms with van der Waals surface area (Å²) in [5, 5.41) is 4.44. The predicted molar refractivity (Wildman–Crippen MR) is 87.6 cm³/mol. The minimum Gasteiger partial charge on any atom is -0.497 e. The van der Waals surface area contributed by atoms with E-state index in [9.17, 15) is 4.79 Å². The average Bonchev–Trinajstić information content (AvgIpc) is 2.88. The minimum absolute atomic E-state index is 0.0549. The number of benzene rings is 1. The summed E-state index contributed by atoms with van der Waals surface area (Å²) in [6.07, 6.45) is 3.32. The molecule has 5 heteroatoms. The zero-order valence-electron chi connectivity index (χ0n) is 13.0. The fraction of sp³-hybridized carbons (Fsp3) is 0.235. The van der Waals surface area contributed by atoms with Crippen LogP contribution in [0.5, 0.6) is 5.75 Å². The summed E-state index contributed by atoms with van der Waals surface area (Å²) in [7, 11) is 1.60. The second kappa shape index (κ2) is 6.85. The number of ether oxygens (including phenoxy) is 1. The van der Waals surface area contributed by atoms with Crippen LogP contribution in [0.25, 0.3) is 6.08 Å². The molecule has 0 saturated carbocycles. The molecule has 5 nitrogen and oxygen atoms in total. The fourth-order valence-corrected chi connectivity index (χ4v) is 2.25. The molecule has 0 fully saturated rings. The first-order valence-electron chi connectivity index (χ1n) is 7.00. The van der Waals surface area contributed by atoms with Gasteiger partial charge < -0.3 is 4.74 Å². The first-order chi connectivity index (χ1) is 10.6. The third-order valence-electron chi connectivity index (χ3n) is 3.43. The number of carbonyl (C=O) groups excluding carboxylic acids is 1. The van der Waals surface area contributed by atoms with Crippen molar-refractivity contribution in [2.24, 2.45) is 4.99 Å². The molecule has 2 rings (SSSR count). The smallest absolute Gasteiger partial charge is 0.211 e. The summed E-state index contributed by atoms with van der Waals surface area (Å²) in [6, 6.07) is 7.07. The molecular formula is C17H19N3O2. The van der Waals surface area contributed by atoms with Crippen LogP contribution < -0.4 is 4.74 Å².